The molecule has 5 heteroatoms. The van der Waals surface area contributed by atoms with Gasteiger partial charge in [-0.15, -0.1) is 0 Å². The highest BCUT2D eigenvalue weighted by Crippen LogP contribution is 2.36. The Balaban J connectivity index is 2.08. The van der Waals surface area contributed by atoms with Gasteiger partial charge >= 0.3 is 6.18 Å². The summed E-state index contributed by atoms with van der Waals surface area (Å²) in [7, 11) is 0. The smallest absolute Gasteiger partial charge is 0.367 e. The minimum atomic E-state index is -4.31. The van der Waals surface area contributed by atoms with Gasteiger partial charge in [-0.1, -0.05) is 20.3 Å². The maximum Gasteiger partial charge on any atom is 0.416 e. The van der Waals surface area contributed by atoms with Crippen molar-refractivity contribution >= 4 is 5.82 Å². The summed E-state index contributed by atoms with van der Waals surface area (Å²) in [5.41, 5.74) is -0.650. The maximum atomic E-state index is 12.6. The Kier molecular flexibility index (Phi) is 4.02. The fourth-order valence-electron chi connectivity index (χ4n) is 2.90. The van der Waals surface area contributed by atoms with Crippen LogP contribution in [0.4, 0.5) is 19.0 Å². The van der Waals surface area contributed by atoms with Crippen LogP contribution in [0.15, 0.2) is 18.3 Å². The van der Waals surface area contributed by atoms with Crippen molar-refractivity contribution in [1.82, 2.24) is 4.98 Å². The minimum absolute atomic E-state index is 0.223. The van der Waals surface area contributed by atoms with E-state index in [-0.39, 0.29) is 6.04 Å². The monoisotopic (exact) mass is 272 g/mol. The first kappa shape index (κ1) is 14.2. The number of nitrogens with zero attached hydrogens (tertiary/aromatic N) is 1. The van der Waals surface area contributed by atoms with Gasteiger partial charge in [-0.2, -0.15) is 13.2 Å². The van der Waals surface area contributed by atoms with Gasteiger partial charge in [0.05, 0.1) is 5.56 Å². The van der Waals surface area contributed by atoms with E-state index in [1.54, 1.807) is 0 Å². The summed E-state index contributed by atoms with van der Waals surface area (Å²) in [6, 6.07) is 2.31. The van der Waals surface area contributed by atoms with Crippen LogP contribution in [-0.2, 0) is 6.18 Å². The fourth-order valence-corrected chi connectivity index (χ4v) is 2.90. The Bertz CT molecular complexity index is 431. The lowest BCUT2D eigenvalue weighted by molar-refractivity contribution is -0.137. The number of pyridine rings is 1. The van der Waals surface area contributed by atoms with Gasteiger partial charge in [0.25, 0.3) is 0 Å². The molecule has 0 aromatic carbocycles. The van der Waals surface area contributed by atoms with Crippen LogP contribution in [0.3, 0.4) is 0 Å². The van der Waals surface area contributed by atoms with E-state index in [0.717, 1.165) is 31.4 Å². The van der Waals surface area contributed by atoms with Gasteiger partial charge in [0.15, 0.2) is 0 Å². The number of alkyl halides is 3. The summed E-state index contributed by atoms with van der Waals surface area (Å²) < 4.78 is 37.9. The molecule has 1 aromatic rings. The van der Waals surface area contributed by atoms with E-state index in [4.69, 9.17) is 0 Å². The average Bonchev–Trinajstić information content (AvgIpc) is 2.70. The Labute approximate surface area is 111 Å². The zero-order valence-corrected chi connectivity index (χ0v) is 11.2. The number of anilines is 1. The third kappa shape index (κ3) is 3.19. The Morgan fingerprint density at radius 3 is 2.68 bits per heavy atom. The highest BCUT2D eigenvalue weighted by Gasteiger charge is 2.33. The second-order valence-corrected chi connectivity index (χ2v) is 5.28. The second kappa shape index (κ2) is 5.39. The van der Waals surface area contributed by atoms with Crippen LogP contribution in [0, 0.1) is 11.8 Å². The molecule has 1 aliphatic carbocycles. The van der Waals surface area contributed by atoms with Crippen LogP contribution in [0.5, 0.6) is 0 Å². The minimum Gasteiger partial charge on any atom is -0.367 e. The van der Waals surface area contributed by atoms with Crippen molar-refractivity contribution in [2.75, 3.05) is 5.32 Å². The largest absolute Gasteiger partial charge is 0.416 e. The van der Waals surface area contributed by atoms with Crippen molar-refractivity contribution in [3.8, 4) is 0 Å². The molecule has 1 aliphatic rings. The van der Waals surface area contributed by atoms with Crippen molar-refractivity contribution in [2.45, 2.75) is 45.3 Å². The van der Waals surface area contributed by atoms with E-state index in [1.165, 1.54) is 6.20 Å². The van der Waals surface area contributed by atoms with Crippen LogP contribution < -0.4 is 5.32 Å². The van der Waals surface area contributed by atoms with Crippen LogP contribution in [0.1, 0.15) is 38.7 Å². The highest BCUT2D eigenvalue weighted by atomic mass is 19.4. The summed E-state index contributed by atoms with van der Waals surface area (Å²) in [5, 5.41) is 3.16. The van der Waals surface area contributed by atoms with E-state index in [0.29, 0.717) is 17.7 Å². The molecule has 0 spiro atoms. The molecule has 1 saturated carbocycles. The van der Waals surface area contributed by atoms with Crippen LogP contribution in [-0.4, -0.2) is 11.0 Å². The van der Waals surface area contributed by atoms with Gasteiger partial charge in [0.2, 0.25) is 0 Å². The second-order valence-electron chi connectivity index (χ2n) is 5.28. The molecular formula is C14H19F3N2. The number of nitrogens with one attached hydrogen (secondary N) is 1. The fraction of sp³-hybridized carbons (Fsp3) is 0.643. The Morgan fingerprint density at radius 1 is 1.37 bits per heavy atom. The molecule has 0 amide bonds. The van der Waals surface area contributed by atoms with E-state index < -0.39 is 11.7 Å². The molecule has 1 fully saturated rings. The zero-order valence-electron chi connectivity index (χ0n) is 11.2. The van der Waals surface area contributed by atoms with Crippen LogP contribution in [0.2, 0.25) is 0 Å². The first-order valence-electron chi connectivity index (χ1n) is 6.71. The standard InChI is InChI=1S/C14H19F3N2/c1-3-10-4-5-12(9(10)2)19-13-8-11(6-7-18-13)14(15,16)17/h6-10,12H,3-5H2,1-2H3,(H,18,19). The lowest BCUT2D eigenvalue weighted by atomic mass is 9.93. The lowest BCUT2D eigenvalue weighted by Gasteiger charge is -2.21. The number of aromatic nitrogens is 1. The molecule has 0 radical (unpaired) electrons. The predicted octanol–water partition coefficient (Wildman–Crippen LogP) is 4.34. The van der Waals surface area contributed by atoms with Gasteiger partial charge in [0, 0.05) is 12.2 Å². The molecule has 3 atom stereocenters. The van der Waals surface area contributed by atoms with Crippen molar-refractivity contribution in [3.05, 3.63) is 23.9 Å². The van der Waals surface area contributed by atoms with E-state index in [1.807, 2.05) is 0 Å². The van der Waals surface area contributed by atoms with Crippen molar-refractivity contribution in [2.24, 2.45) is 11.8 Å². The molecule has 2 nitrogen and oxygen atoms in total. The lowest BCUT2D eigenvalue weighted by Crippen LogP contribution is -2.25. The maximum absolute atomic E-state index is 12.6. The molecule has 0 bridgehead atoms. The van der Waals surface area contributed by atoms with E-state index in [2.05, 4.69) is 24.1 Å². The summed E-state index contributed by atoms with van der Waals surface area (Å²) in [4.78, 5) is 3.99. The summed E-state index contributed by atoms with van der Waals surface area (Å²) in [5.74, 6) is 1.45. The molecule has 0 aliphatic heterocycles. The first-order chi connectivity index (χ1) is 8.91. The van der Waals surface area contributed by atoms with Crippen LogP contribution in [0.25, 0.3) is 0 Å². The summed E-state index contributed by atoms with van der Waals surface area (Å²) >= 11 is 0. The molecule has 1 heterocycles. The third-order valence-corrected chi connectivity index (χ3v) is 4.17. The van der Waals surface area contributed by atoms with E-state index in [9.17, 15) is 13.2 Å². The highest BCUT2D eigenvalue weighted by molar-refractivity contribution is 5.40. The molecule has 3 unspecified atom stereocenters. The Hall–Kier alpha value is -1.26. The zero-order chi connectivity index (χ0) is 14.0. The summed E-state index contributed by atoms with van der Waals surface area (Å²) in [6.45, 7) is 4.32. The quantitative estimate of drug-likeness (QED) is 0.885. The van der Waals surface area contributed by atoms with Gasteiger partial charge in [-0.25, -0.2) is 4.98 Å². The van der Waals surface area contributed by atoms with Crippen molar-refractivity contribution in [1.29, 1.82) is 0 Å². The van der Waals surface area contributed by atoms with Gasteiger partial charge < -0.3 is 5.32 Å². The molecular weight excluding hydrogens is 253 g/mol. The number of hydrogen-bond donors (Lipinski definition) is 1. The Morgan fingerprint density at radius 2 is 2.11 bits per heavy atom. The molecule has 106 valence electrons. The van der Waals surface area contributed by atoms with Crippen LogP contribution >= 0.6 is 0 Å². The van der Waals surface area contributed by atoms with Gasteiger partial charge in [0.1, 0.15) is 5.82 Å². The molecule has 1 N–H and O–H groups in total. The number of halogens is 3. The topological polar surface area (TPSA) is 24.9 Å². The first-order valence-corrected chi connectivity index (χ1v) is 6.71. The van der Waals surface area contributed by atoms with Gasteiger partial charge in [-0.05, 0) is 36.8 Å². The number of hydrogen-bond acceptors (Lipinski definition) is 2. The van der Waals surface area contributed by atoms with Crippen molar-refractivity contribution < 1.29 is 13.2 Å². The predicted molar refractivity (Wildman–Crippen MR) is 68.8 cm³/mol. The van der Waals surface area contributed by atoms with E-state index >= 15 is 0 Å². The normalized spacial score (nSPS) is 27.5. The number of rotatable bonds is 3. The van der Waals surface area contributed by atoms with Gasteiger partial charge in [-0.3, -0.25) is 0 Å². The average molecular weight is 272 g/mol. The molecule has 19 heavy (non-hydrogen) atoms. The van der Waals surface area contributed by atoms with Crippen molar-refractivity contribution in [3.63, 3.8) is 0 Å². The third-order valence-electron chi connectivity index (χ3n) is 4.17. The molecule has 1 aromatic heterocycles. The molecule has 0 saturated heterocycles. The summed E-state index contributed by atoms with van der Waals surface area (Å²) in [6.07, 6.45) is 0.149. The SMILES string of the molecule is CCC1CCC(Nc2cc(C(F)(F)F)ccn2)C1C. The molecule has 2 rings (SSSR count).